The van der Waals surface area contributed by atoms with Crippen molar-refractivity contribution in [1.82, 2.24) is 0 Å². The van der Waals surface area contributed by atoms with Crippen LogP contribution in [0.1, 0.15) is 62.2 Å². The van der Waals surface area contributed by atoms with E-state index in [1.807, 2.05) is 0 Å². The first-order valence-corrected chi connectivity index (χ1v) is 7.41. The molecule has 1 rings (SSSR count). The molecule has 0 aromatic heterocycles. The molecule has 0 radical (unpaired) electrons. The summed E-state index contributed by atoms with van der Waals surface area (Å²) in [6.07, 6.45) is 8.42. The van der Waals surface area contributed by atoms with Crippen molar-refractivity contribution < 1.29 is 14.6 Å². The monoisotopic (exact) mass is 279 g/mol. The lowest BCUT2D eigenvalue weighted by molar-refractivity contribution is 0.0693. The fraction of sp³-hybridized carbons (Fsp3) is 0.562. The van der Waals surface area contributed by atoms with Crippen LogP contribution in [-0.2, 0) is 0 Å². The van der Waals surface area contributed by atoms with Gasteiger partial charge in [0.25, 0.3) is 0 Å². The molecular formula is C16H25NO3. The van der Waals surface area contributed by atoms with Gasteiger partial charge in [0.2, 0.25) is 0 Å². The quantitative estimate of drug-likeness (QED) is 0.499. The van der Waals surface area contributed by atoms with E-state index in [1.54, 1.807) is 18.2 Å². The van der Waals surface area contributed by atoms with Crippen molar-refractivity contribution in [3.63, 3.8) is 0 Å². The lowest BCUT2D eigenvalue weighted by atomic mass is 10.1. The Morgan fingerprint density at radius 3 is 2.45 bits per heavy atom. The molecule has 4 nitrogen and oxygen atoms in total. The molecule has 0 unspecified atom stereocenters. The number of ether oxygens (including phenoxy) is 1. The van der Waals surface area contributed by atoms with Crippen LogP contribution in [0.15, 0.2) is 18.2 Å². The Hall–Kier alpha value is -1.71. The van der Waals surface area contributed by atoms with Gasteiger partial charge in [-0.3, -0.25) is 0 Å². The van der Waals surface area contributed by atoms with Gasteiger partial charge in [-0.15, -0.1) is 0 Å². The molecule has 0 saturated heterocycles. The highest BCUT2D eigenvalue weighted by molar-refractivity contribution is 5.96. The molecule has 1 aromatic rings. The number of hydrogen-bond acceptors (Lipinski definition) is 3. The van der Waals surface area contributed by atoms with Crippen molar-refractivity contribution >= 4 is 11.7 Å². The van der Waals surface area contributed by atoms with Crippen molar-refractivity contribution in [1.29, 1.82) is 0 Å². The summed E-state index contributed by atoms with van der Waals surface area (Å²) in [4.78, 5) is 11.1. The maximum absolute atomic E-state index is 11.1. The molecule has 112 valence electrons. The summed E-state index contributed by atoms with van der Waals surface area (Å²) in [6.45, 7) is 2.75. The maximum atomic E-state index is 11.1. The minimum absolute atomic E-state index is 0.0652. The molecule has 0 amide bonds. The highest BCUT2D eigenvalue weighted by Gasteiger charge is 2.14. The number of anilines is 1. The Labute approximate surface area is 120 Å². The number of carboxylic acid groups (broad SMARTS) is 1. The van der Waals surface area contributed by atoms with E-state index in [0.29, 0.717) is 12.4 Å². The fourth-order valence-corrected chi connectivity index (χ4v) is 2.14. The van der Waals surface area contributed by atoms with E-state index in [2.05, 4.69) is 6.92 Å². The van der Waals surface area contributed by atoms with E-state index >= 15 is 0 Å². The first-order chi connectivity index (χ1) is 9.66. The Morgan fingerprint density at radius 2 is 1.80 bits per heavy atom. The Balaban J connectivity index is 2.29. The molecule has 0 saturated carbocycles. The second-order valence-electron chi connectivity index (χ2n) is 5.00. The van der Waals surface area contributed by atoms with Gasteiger partial charge < -0.3 is 15.6 Å². The molecule has 0 heterocycles. The van der Waals surface area contributed by atoms with Crippen LogP contribution in [0.3, 0.4) is 0 Å². The smallest absolute Gasteiger partial charge is 0.341 e. The van der Waals surface area contributed by atoms with E-state index in [1.165, 1.54) is 32.1 Å². The number of rotatable bonds is 10. The Bertz CT molecular complexity index is 418. The zero-order chi connectivity index (χ0) is 14.8. The molecule has 20 heavy (non-hydrogen) atoms. The van der Waals surface area contributed by atoms with Crippen LogP contribution in [0, 0.1) is 0 Å². The van der Waals surface area contributed by atoms with E-state index < -0.39 is 5.97 Å². The summed E-state index contributed by atoms with van der Waals surface area (Å²) >= 11 is 0. The van der Waals surface area contributed by atoms with Crippen LogP contribution in [0.25, 0.3) is 0 Å². The van der Waals surface area contributed by atoms with Crippen molar-refractivity contribution in [3.8, 4) is 5.75 Å². The summed E-state index contributed by atoms with van der Waals surface area (Å²) in [7, 11) is 0. The Morgan fingerprint density at radius 1 is 1.15 bits per heavy atom. The molecule has 0 bridgehead atoms. The lowest BCUT2D eigenvalue weighted by Crippen LogP contribution is -2.07. The number of nitrogen functional groups attached to an aromatic ring is 1. The number of aromatic carboxylic acids is 1. The SMILES string of the molecule is CCCCCCCCCOc1cccc(N)c1C(=O)O. The molecule has 4 heteroatoms. The average Bonchev–Trinajstić information content (AvgIpc) is 2.41. The average molecular weight is 279 g/mol. The van der Waals surface area contributed by atoms with E-state index in [0.717, 1.165) is 12.8 Å². The standard InChI is InChI=1S/C16H25NO3/c1-2-3-4-5-6-7-8-12-20-14-11-9-10-13(17)15(14)16(18)19/h9-11H,2-8,12,17H2,1H3,(H,18,19). The highest BCUT2D eigenvalue weighted by atomic mass is 16.5. The van der Waals surface area contributed by atoms with Crippen LogP contribution in [0.5, 0.6) is 5.75 Å². The van der Waals surface area contributed by atoms with Gasteiger partial charge >= 0.3 is 5.97 Å². The summed E-state index contributed by atoms with van der Waals surface area (Å²) in [5, 5.41) is 9.11. The van der Waals surface area contributed by atoms with Crippen LogP contribution in [-0.4, -0.2) is 17.7 Å². The van der Waals surface area contributed by atoms with Gasteiger partial charge in [-0.05, 0) is 18.6 Å². The van der Waals surface area contributed by atoms with Gasteiger partial charge in [0.1, 0.15) is 11.3 Å². The third-order valence-corrected chi connectivity index (χ3v) is 3.28. The molecule has 0 fully saturated rings. The number of carboxylic acids is 1. The van der Waals surface area contributed by atoms with Crippen molar-refractivity contribution in [2.75, 3.05) is 12.3 Å². The van der Waals surface area contributed by atoms with Crippen molar-refractivity contribution in [3.05, 3.63) is 23.8 Å². The highest BCUT2D eigenvalue weighted by Crippen LogP contribution is 2.24. The fourth-order valence-electron chi connectivity index (χ4n) is 2.14. The van der Waals surface area contributed by atoms with E-state index in [9.17, 15) is 4.79 Å². The van der Waals surface area contributed by atoms with Crippen LogP contribution in [0.2, 0.25) is 0 Å². The number of nitrogens with two attached hydrogens (primary N) is 1. The van der Waals surface area contributed by atoms with Gasteiger partial charge in [0.15, 0.2) is 0 Å². The van der Waals surface area contributed by atoms with Crippen molar-refractivity contribution in [2.45, 2.75) is 51.9 Å². The number of carbonyl (C=O) groups is 1. The van der Waals surface area contributed by atoms with Crippen LogP contribution in [0.4, 0.5) is 5.69 Å². The maximum Gasteiger partial charge on any atom is 0.341 e. The van der Waals surface area contributed by atoms with E-state index in [4.69, 9.17) is 15.6 Å². The normalized spacial score (nSPS) is 10.4. The second-order valence-corrected chi connectivity index (χ2v) is 5.00. The van der Waals surface area contributed by atoms with E-state index in [-0.39, 0.29) is 11.3 Å². The molecule has 1 aromatic carbocycles. The third-order valence-electron chi connectivity index (χ3n) is 3.28. The minimum Gasteiger partial charge on any atom is -0.493 e. The summed E-state index contributed by atoms with van der Waals surface area (Å²) < 4.78 is 5.55. The van der Waals surface area contributed by atoms with Crippen LogP contribution >= 0.6 is 0 Å². The minimum atomic E-state index is -1.04. The molecular weight excluding hydrogens is 254 g/mol. The van der Waals surface area contributed by atoms with Gasteiger partial charge in [-0.25, -0.2) is 4.79 Å². The number of hydrogen-bond donors (Lipinski definition) is 2. The molecule has 0 aliphatic heterocycles. The first-order valence-electron chi connectivity index (χ1n) is 7.41. The third kappa shape index (κ3) is 5.51. The Kier molecular flexibility index (Phi) is 7.55. The van der Waals surface area contributed by atoms with Gasteiger partial charge in [-0.1, -0.05) is 51.5 Å². The molecule has 3 N–H and O–H groups in total. The molecule has 0 aliphatic carbocycles. The zero-order valence-electron chi connectivity index (χ0n) is 12.2. The number of benzene rings is 1. The second kappa shape index (κ2) is 9.23. The summed E-state index contributed by atoms with van der Waals surface area (Å²) in [6, 6.07) is 4.94. The zero-order valence-corrected chi connectivity index (χ0v) is 12.2. The molecule has 0 aliphatic rings. The van der Waals surface area contributed by atoms with Gasteiger partial charge in [-0.2, -0.15) is 0 Å². The topological polar surface area (TPSA) is 72.5 Å². The largest absolute Gasteiger partial charge is 0.493 e. The lowest BCUT2D eigenvalue weighted by Gasteiger charge is -2.10. The predicted molar refractivity (Wildman–Crippen MR) is 81.3 cm³/mol. The summed E-state index contributed by atoms with van der Waals surface area (Å²) in [5.74, 6) is -0.679. The van der Waals surface area contributed by atoms with Gasteiger partial charge in [0, 0.05) is 5.69 Å². The van der Waals surface area contributed by atoms with Crippen molar-refractivity contribution in [2.24, 2.45) is 0 Å². The molecule has 0 atom stereocenters. The van der Waals surface area contributed by atoms with Gasteiger partial charge in [0.05, 0.1) is 6.61 Å². The number of unbranched alkanes of at least 4 members (excludes halogenated alkanes) is 6. The summed E-state index contributed by atoms with van der Waals surface area (Å²) in [5.41, 5.74) is 5.97. The molecule has 0 spiro atoms. The predicted octanol–water partition coefficient (Wildman–Crippen LogP) is 4.10. The van der Waals surface area contributed by atoms with Crippen LogP contribution < -0.4 is 10.5 Å². The first kappa shape index (κ1) is 16.3.